The quantitative estimate of drug-likeness (QED) is 0.403. The molecule has 0 saturated heterocycles. The van der Waals surface area contributed by atoms with Crippen LogP contribution in [-0.2, 0) is 4.79 Å². The van der Waals surface area contributed by atoms with Gasteiger partial charge >= 0.3 is 24.5 Å². The van der Waals surface area contributed by atoms with E-state index in [1.54, 1.807) is 0 Å². The number of carbonyl (C=O) groups is 1. The molecule has 3 rings (SSSR count). The summed E-state index contributed by atoms with van der Waals surface area (Å²) in [6, 6.07) is 0. The first-order valence-corrected chi connectivity index (χ1v) is 9.16. The molecule has 3 aliphatic rings. The molecule has 0 unspecified atom stereocenters. The summed E-state index contributed by atoms with van der Waals surface area (Å²) in [5.74, 6) is -1.75. The Kier molecular flexibility index (Phi) is 7.09. The van der Waals surface area contributed by atoms with E-state index in [4.69, 9.17) is 10.2 Å². The lowest BCUT2D eigenvalue weighted by atomic mass is 10.1. The van der Waals surface area contributed by atoms with Crippen molar-refractivity contribution in [3.8, 4) is 0 Å². The number of carboxylic acid groups (broad SMARTS) is 1. The lowest BCUT2D eigenvalue weighted by Crippen LogP contribution is -2.32. The third kappa shape index (κ3) is 5.25. The van der Waals surface area contributed by atoms with Gasteiger partial charge in [-0.1, -0.05) is 15.9 Å². The van der Waals surface area contributed by atoms with Crippen LogP contribution in [0.25, 0.3) is 0 Å². The van der Waals surface area contributed by atoms with Crippen LogP contribution in [0, 0.1) is 16.2 Å². The molecule has 166 valence electrons. The molecule has 0 heterocycles. The summed E-state index contributed by atoms with van der Waals surface area (Å²) in [6.45, 7) is -0.753. The first kappa shape index (κ1) is 25.3. The molecular formula is C15H18BrF9O3. The Morgan fingerprint density at radius 2 is 1.11 bits per heavy atom. The molecule has 0 atom stereocenters. The van der Waals surface area contributed by atoms with Gasteiger partial charge in [-0.2, -0.15) is 39.5 Å². The highest BCUT2D eigenvalue weighted by atomic mass is 79.9. The SMILES string of the molecule is FC(F)(F)C1(CBr)CC1.O=C(O)C1(C(F)(F)F)CC1.OCC1(C(F)(F)F)CC1. The Hall–Kier alpha value is -0.720. The second-order valence-electron chi connectivity index (χ2n) is 7.23. The van der Waals surface area contributed by atoms with Gasteiger partial charge in [0.15, 0.2) is 5.41 Å². The number of aliphatic carboxylic acids is 1. The van der Waals surface area contributed by atoms with Gasteiger partial charge in [-0.15, -0.1) is 0 Å². The van der Waals surface area contributed by atoms with Crippen LogP contribution < -0.4 is 0 Å². The van der Waals surface area contributed by atoms with Crippen LogP contribution in [0.15, 0.2) is 0 Å². The monoisotopic (exact) mass is 496 g/mol. The highest BCUT2D eigenvalue weighted by Crippen LogP contribution is 2.59. The molecule has 0 amide bonds. The summed E-state index contributed by atoms with van der Waals surface area (Å²) in [7, 11) is 0. The van der Waals surface area contributed by atoms with E-state index < -0.39 is 47.4 Å². The van der Waals surface area contributed by atoms with Crippen LogP contribution in [-0.4, -0.2) is 46.6 Å². The molecule has 0 aromatic rings. The van der Waals surface area contributed by atoms with Crippen LogP contribution in [0.1, 0.15) is 38.5 Å². The average molecular weight is 497 g/mol. The minimum absolute atomic E-state index is 0.0590. The Morgan fingerprint density at radius 3 is 1.11 bits per heavy atom. The minimum Gasteiger partial charge on any atom is -0.481 e. The largest absolute Gasteiger partial charge is 0.481 e. The van der Waals surface area contributed by atoms with Gasteiger partial charge in [-0.25, -0.2) is 0 Å². The van der Waals surface area contributed by atoms with Gasteiger partial charge in [0.25, 0.3) is 0 Å². The lowest BCUT2D eigenvalue weighted by molar-refractivity contribution is -0.202. The van der Waals surface area contributed by atoms with Crippen molar-refractivity contribution < 1.29 is 54.5 Å². The molecule has 0 bridgehead atoms. The second-order valence-corrected chi connectivity index (χ2v) is 7.79. The van der Waals surface area contributed by atoms with Crippen molar-refractivity contribution in [1.82, 2.24) is 0 Å². The maximum absolute atomic E-state index is 11.9. The molecular weight excluding hydrogens is 479 g/mol. The van der Waals surface area contributed by atoms with Crippen LogP contribution in [0.4, 0.5) is 39.5 Å². The third-order valence-electron chi connectivity index (χ3n) is 5.17. The molecule has 3 nitrogen and oxygen atoms in total. The summed E-state index contributed by atoms with van der Waals surface area (Å²) < 4.78 is 106. The molecule has 3 saturated carbocycles. The molecule has 28 heavy (non-hydrogen) atoms. The molecule has 0 radical (unpaired) electrons. The van der Waals surface area contributed by atoms with E-state index in [1.165, 1.54) is 0 Å². The van der Waals surface area contributed by atoms with Gasteiger partial charge in [0.1, 0.15) is 0 Å². The number of alkyl halides is 10. The molecule has 3 aliphatic carbocycles. The van der Waals surface area contributed by atoms with E-state index >= 15 is 0 Å². The predicted octanol–water partition coefficient (Wildman–Crippen LogP) is 5.46. The van der Waals surface area contributed by atoms with E-state index in [0.717, 1.165) is 0 Å². The number of aliphatic hydroxyl groups excluding tert-OH is 1. The van der Waals surface area contributed by atoms with Crippen LogP contribution >= 0.6 is 15.9 Å². The molecule has 3 fully saturated rings. The predicted molar refractivity (Wildman–Crippen MR) is 81.7 cm³/mol. The van der Waals surface area contributed by atoms with Crippen LogP contribution in [0.2, 0.25) is 0 Å². The summed E-state index contributed by atoms with van der Waals surface area (Å²) in [6.07, 6.45) is -12.5. The molecule has 0 aliphatic heterocycles. The van der Waals surface area contributed by atoms with Gasteiger partial charge in [0.2, 0.25) is 0 Å². The fourth-order valence-electron chi connectivity index (χ4n) is 2.07. The normalized spacial score (nSPS) is 23.4. The maximum atomic E-state index is 11.9. The summed E-state index contributed by atoms with van der Waals surface area (Å²) in [5, 5.41) is 16.5. The number of halogens is 10. The second kappa shape index (κ2) is 7.84. The van der Waals surface area contributed by atoms with Gasteiger partial charge in [-0.3, -0.25) is 4.79 Å². The maximum Gasteiger partial charge on any atom is 0.404 e. The number of hydrogen-bond donors (Lipinski definition) is 2. The highest BCUT2D eigenvalue weighted by Gasteiger charge is 2.69. The number of carboxylic acids is 1. The summed E-state index contributed by atoms with van der Waals surface area (Å²) in [4.78, 5) is 10.0. The smallest absolute Gasteiger partial charge is 0.404 e. The van der Waals surface area contributed by atoms with Crippen molar-refractivity contribution in [1.29, 1.82) is 0 Å². The number of rotatable bonds is 3. The molecule has 2 N–H and O–H groups in total. The first-order chi connectivity index (χ1) is 12.4. The van der Waals surface area contributed by atoms with Gasteiger partial charge in [0, 0.05) is 5.33 Å². The van der Waals surface area contributed by atoms with E-state index in [1.807, 2.05) is 0 Å². The zero-order valence-corrected chi connectivity index (χ0v) is 15.8. The topological polar surface area (TPSA) is 57.5 Å². The number of hydrogen-bond acceptors (Lipinski definition) is 2. The average Bonchev–Trinajstić information content (AvgIpc) is 3.40. The van der Waals surface area contributed by atoms with E-state index in [9.17, 15) is 44.3 Å². The Bertz CT molecular complexity index is 527. The highest BCUT2D eigenvalue weighted by molar-refractivity contribution is 9.09. The van der Waals surface area contributed by atoms with Crippen molar-refractivity contribution in [2.75, 3.05) is 11.9 Å². The third-order valence-corrected chi connectivity index (χ3v) is 6.24. The molecule has 0 aromatic heterocycles. The zero-order valence-electron chi connectivity index (χ0n) is 14.2. The van der Waals surface area contributed by atoms with Gasteiger partial charge < -0.3 is 10.2 Å². The minimum atomic E-state index is -4.57. The summed E-state index contributed by atoms with van der Waals surface area (Å²) >= 11 is 2.85. The van der Waals surface area contributed by atoms with Gasteiger partial charge in [0.05, 0.1) is 17.4 Å². The fourth-order valence-corrected chi connectivity index (χ4v) is 2.95. The van der Waals surface area contributed by atoms with Crippen molar-refractivity contribution in [2.45, 2.75) is 57.1 Å². The van der Waals surface area contributed by atoms with Gasteiger partial charge in [-0.05, 0) is 38.5 Å². The first-order valence-electron chi connectivity index (χ1n) is 8.04. The van der Waals surface area contributed by atoms with Crippen molar-refractivity contribution in [3.63, 3.8) is 0 Å². The van der Waals surface area contributed by atoms with E-state index in [0.29, 0.717) is 12.8 Å². The van der Waals surface area contributed by atoms with Crippen molar-refractivity contribution in [2.24, 2.45) is 16.2 Å². The van der Waals surface area contributed by atoms with Crippen LogP contribution in [0.5, 0.6) is 0 Å². The Balaban J connectivity index is 0.000000210. The standard InChI is InChI=1S/C5H6BrF3.C5H5F3O2.C5H7F3O/c6-3-4(1-2-4)5(7,8)9;6-5(7,8)4(1-2-4)3(9)10;6-5(7,8)4(3-9)1-2-4/h1-3H2;1-2H2,(H,9,10);9H,1-3H2. The van der Waals surface area contributed by atoms with E-state index in [-0.39, 0.29) is 31.0 Å². The Labute approximate surface area is 162 Å². The Morgan fingerprint density at radius 1 is 0.750 bits per heavy atom. The van der Waals surface area contributed by atoms with Crippen LogP contribution in [0.3, 0.4) is 0 Å². The van der Waals surface area contributed by atoms with Crippen molar-refractivity contribution >= 4 is 21.9 Å². The fraction of sp³-hybridized carbons (Fsp3) is 0.933. The molecule has 0 spiro atoms. The zero-order chi connectivity index (χ0) is 22.2. The van der Waals surface area contributed by atoms with E-state index in [2.05, 4.69) is 15.9 Å². The molecule has 0 aromatic carbocycles. The number of aliphatic hydroxyl groups is 1. The lowest BCUT2D eigenvalue weighted by Gasteiger charge is -2.14. The molecule has 13 heteroatoms. The van der Waals surface area contributed by atoms with Crippen molar-refractivity contribution in [3.05, 3.63) is 0 Å². The summed E-state index contributed by atoms with van der Waals surface area (Å²) in [5.41, 5.74) is -5.47.